The first-order chi connectivity index (χ1) is 8.95. The largest absolute Gasteiger partial charge is 0.374 e. The maximum absolute atomic E-state index is 11.8. The molecule has 1 aromatic rings. The van der Waals surface area contributed by atoms with Gasteiger partial charge in [0.1, 0.15) is 6.04 Å². The van der Waals surface area contributed by atoms with E-state index in [4.69, 9.17) is 5.73 Å². The maximum Gasteiger partial charge on any atom is 0.261 e. The van der Waals surface area contributed by atoms with Crippen LogP contribution >= 0.6 is 0 Å². The molecule has 1 aliphatic rings. The molecular weight excluding hydrogens is 246 g/mol. The number of anilines is 1. The lowest BCUT2D eigenvalue weighted by atomic mass is 10.1. The minimum atomic E-state index is -0.497. The molecule has 0 bridgehead atoms. The van der Waals surface area contributed by atoms with Crippen LogP contribution in [0, 0.1) is 0 Å². The van der Waals surface area contributed by atoms with Gasteiger partial charge in [0.2, 0.25) is 5.91 Å². The molecule has 0 spiro atoms. The summed E-state index contributed by atoms with van der Waals surface area (Å²) in [6, 6.07) is 4.32. The van der Waals surface area contributed by atoms with Gasteiger partial charge in [0.05, 0.1) is 11.1 Å². The molecule has 2 rings (SSSR count). The van der Waals surface area contributed by atoms with Crippen LogP contribution in [0.1, 0.15) is 34.1 Å². The van der Waals surface area contributed by atoms with Crippen molar-refractivity contribution in [1.82, 2.24) is 4.90 Å². The predicted molar refractivity (Wildman–Crippen MR) is 69.8 cm³/mol. The summed E-state index contributed by atoms with van der Waals surface area (Å²) in [5.41, 5.74) is 6.57. The van der Waals surface area contributed by atoms with Gasteiger partial charge in [-0.15, -0.1) is 0 Å². The Labute approximate surface area is 110 Å². The number of amides is 3. The fraction of sp³-hybridized carbons (Fsp3) is 0.308. The molecule has 1 heterocycles. The molecule has 1 atom stereocenters. The second kappa shape index (κ2) is 4.72. The standard InChI is InChI=1S/C13H15N3O3/c1-3-10(11(14)17)15-7-4-5-8-9(6-7)13(19)16(2)12(8)18/h4-6,10,15H,3H2,1-2H3,(H2,14,17). The van der Waals surface area contributed by atoms with Gasteiger partial charge in [-0.3, -0.25) is 19.3 Å². The third-order valence-corrected chi connectivity index (χ3v) is 3.18. The second-order valence-electron chi connectivity index (χ2n) is 4.44. The SMILES string of the molecule is CCC(Nc1ccc2c(c1)C(=O)N(C)C2=O)C(N)=O. The zero-order valence-electron chi connectivity index (χ0n) is 10.8. The minimum absolute atomic E-state index is 0.312. The fourth-order valence-corrected chi connectivity index (χ4v) is 2.03. The van der Waals surface area contributed by atoms with Crippen molar-refractivity contribution < 1.29 is 14.4 Å². The first kappa shape index (κ1) is 13.1. The van der Waals surface area contributed by atoms with E-state index in [0.717, 1.165) is 4.90 Å². The lowest BCUT2D eigenvalue weighted by molar-refractivity contribution is -0.118. The number of benzene rings is 1. The second-order valence-corrected chi connectivity index (χ2v) is 4.44. The Bertz CT molecular complexity index is 568. The third-order valence-electron chi connectivity index (χ3n) is 3.18. The van der Waals surface area contributed by atoms with Gasteiger partial charge in [0, 0.05) is 12.7 Å². The van der Waals surface area contributed by atoms with E-state index >= 15 is 0 Å². The molecule has 3 amide bonds. The summed E-state index contributed by atoms with van der Waals surface area (Å²) in [7, 11) is 1.44. The van der Waals surface area contributed by atoms with Gasteiger partial charge < -0.3 is 11.1 Å². The molecule has 0 radical (unpaired) electrons. The van der Waals surface area contributed by atoms with Gasteiger partial charge in [-0.2, -0.15) is 0 Å². The van der Waals surface area contributed by atoms with E-state index in [-0.39, 0.29) is 11.8 Å². The highest BCUT2D eigenvalue weighted by molar-refractivity contribution is 6.21. The molecule has 1 aliphatic heterocycles. The number of fused-ring (bicyclic) bond motifs is 1. The monoisotopic (exact) mass is 261 g/mol. The molecule has 0 aromatic heterocycles. The number of rotatable bonds is 4. The molecule has 19 heavy (non-hydrogen) atoms. The molecule has 100 valence electrons. The number of nitrogens with zero attached hydrogens (tertiary/aromatic N) is 1. The van der Waals surface area contributed by atoms with Crippen molar-refractivity contribution in [3.8, 4) is 0 Å². The summed E-state index contributed by atoms with van der Waals surface area (Å²) in [5, 5.41) is 2.95. The van der Waals surface area contributed by atoms with E-state index in [2.05, 4.69) is 5.32 Å². The van der Waals surface area contributed by atoms with Crippen LogP contribution in [0.5, 0.6) is 0 Å². The molecule has 1 aromatic carbocycles. The van der Waals surface area contributed by atoms with E-state index in [0.29, 0.717) is 23.2 Å². The van der Waals surface area contributed by atoms with Gasteiger partial charge in [0.25, 0.3) is 11.8 Å². The number of primary amides is 1. The Morgan fingerprint density at radius 1 is 1.32 bits per heavy atom. The van der Waals surface area contributed by atoms with Crippen molar-refractivity contribution in [1.29, 1.82) is 0 Å². The van der Waals surface area contributed by atoms with Crippen LogP contribution in [0.15, 0.2) is 18.2 Å². The molecule has 6 nitrogen and oxygen atoms in total. The van der Waals surface area contributed by atoms with Crippen LogP contribution in [0.2, 0.25) is 0 Å². The third kappa shape index (κ3) is 2.16. The Hall–Kier alpha value is -2.37. The maximum atomic E-state index is 11.8. The molecule has 3 N–H and O–H groups in total. The summed E-state index contributed by atoms with van der Waals surface area (Å²) in [6.45, 7) is 1.83. The summed E-state index contributed by atoms with van der Waals surface area (Å²) in [4.78, 5) is 35.8. The number of nitrogens with one attached hydrogen (secondary N) is 1. The van der Waals surface area contributed by atoms with E-state index in [9.17, 15) is 14.4 Å². The first-order valence-corrected chi connectivity index (χ1v) is 5.98. The highest BCUT2D eigenvalue weighted by Crippen LogP contribution is 2.25. The Kier molecular flexibility index (Phi) is 3.25. The molecule has 6 heteroatoms. The van der Waals surface area contributed by atoms with E-state index in [1.165, 1.54) is 7.05 Å². The zero-order valence-corrected chi connectivity index (χ0v) is 10.8. The normalized spacial score (nSPS) is 15.4. The summed E-state index contributed by atoms with van der Waals surface area (Å²) in [6.07, 6.45) is 0.541. The Morgan fingerprint density at radius 2 is 1.95 bits per heavy atom. The Morgan fingerprint density at radius 3 is 2.53 bits per heavy atom. The van der Waals surface area contributed by atoms with Crippen LogP contribution in [0.4, 0.5) is 5.69 Å². The van der Waals surface area contributed by atoms with Gasteiger partial charge >= 0.3 is 0 Å². The molecule has 0 saturated carbocycles. The molecule has 0 saturated heterocycles. The van der Waals surface area contributed by atoms with Gasteiger partial charge in [0.15, 0.2) is 0 Å². The summed E-state index contributed by atoms with van der Waals surface area (Å²) in [5.74, 6) is -1.10. The van der Waals surface area contributed by atoms with Crippen LogP contribution in [0.3, 0.4) is 0 Å². The molecule has 0 fully saturated rings. The smallest absolute Gasteiger partial charge is 0.261 e. The number of carbonyl (C=O) groups excluding carboxylic acids is 3. The van der Waals surface area contributed by atoms with Gasteiger partial charge in [-0.25, -0.2) is 0 Å². The number of imide groups is 1. The van der Waals surface area contributed by atoms with Crippen LogP contribution in [-0.4, -0.2) is 35.7 Å². The average molecular weight is 261 g/mol. The number of hydrogen-bond acceptors (Lipinski definition) is 4. The van der Waals surface area contributed by atoms with Crippen molar-refractivity contribution in [3.05, 3.63) is 29.3 Å². The molecular formula is C13H15N3O3. The molecule has 0 aliphatic carbocycles. The minimum Gasteiger partial charge on any atom is -0.374 e. The lowest BCUT2D eigenvalue weighted by Crippen LogP contribution is -2.34. The zero-order chi connectivity index (χ0) is 14.2. The average Bonchev–Trinajstić information content (AvgIpc) is 2.61. The van der Waals surface area contributed by atoms with Crippen molar-refractivity contribution in [3.63, 3.8) is 0 Å². The number of nitrogens with two attached hydrogens (primary N) is 1. The van der Waals surface area contributed by atoms with E-state index in [1.807, 2.05) is 6.92 Å². The first-order valence-electron chi connectivity index (χ1n) is 5.98. The van der Waals surface area contributed by atoms with Crippen molar-refractivity contribution in [2.45, 2.75) is 19.4 Å². The highest BCUT2D eigenvalue weighted by atomic mass is 16.2. The van der Waals surface area contributed by atoms with Crippen LogP contribution in [-0.2, 0) is 4.79 Å². The topological polar surface area (TPSA) is 92.5 Å². The fourth-order valence-electron chi connectivity index (χ4n) is 2.03. The number of hydrogen-bond donors (Lipinski definition) is 2. The van der Waals surface area contributed by atoms with Crippen molar-refractivity contribution in [2.75, 3.05) is 12.4 Å². The van der Waals surface area contributed by atoms with Crippen molar-refractivity contribution >= 4 is 23.4 Å². The lowest BCUT2D eigenvalue weighted by Gasteiger charge is -2.14. The Balaban J connectivity index is 2.31. The quantitative estimate of drug-likeness (QED) is 0.776. The van der Waals surface area contributed by atoms with E-state index in [1.54, 1.807) is 18.2 Å². The summed E-state index contributed by atoms with van der Waals surface area (Å²) < 4.78 is 0. The summed E-state index contributed by atoms with van der Waals surface area (Å²) >= 11 is 0. The predicted octanol–water partition coefficient (Wildman–Crippen LogP) is 0.588. The van der Waals surface area contributed by atoms with Crippen LogP contribution < -0.4 is 11.1 Å². The number of carbonyl (C=O) groups is 3. The molecule has 1 unspecified atom stereocenters. The van der Waals surface area contributed by atoms with Gasteiger partial charge in [-0.05, 0) is 24.6 Å². The van der Waals surface area contributed by atoms with E-state index < -0.39 is 11.9 Å². The van der Waals surface area contributed by atoms with Crippen molar-refractivity contribution in [2.24, 2.45) is 5.73 Å². The van der Waals surface area contributed by atoms with Crippen LogP contribution in [0.25, 0.3) is 0 Å². The highest BCUT2D eigenvalue weighted by Gasteiger charge is 2.32. The van der Waals surface area contributed by atoms with Gasteiger partial charge in [-0.1, -0.05) is 6.92 Å².